The lowest BCUT2D eigenvalue weighted by Gasteiger charge is -2.29. The van der Waals surface area contributed by atoms with Crippen molar-refractivity contribution < 1.29 is 9.53 Å². The first-order valence-corrected chi connectivity index (χ1v) is 11.8. The molecule has 1 amide bonds. The molecule has 7 heteroatoms. The van der Waals surface area contributed by atoms with Crippen LogP contribution in [0, 0.1) is 5.92 Å². The Morgan fingerprint density at radius 3 is 2.52 bits per heavy atom. The van der Waals surface area contributed by atoms with Crippen LogP contribution in [0.3, 0.4) is 0 Å². The van der Waals surface area contributed by atoms with Gasteiger partial charge in [-0.05, 0) is 43.0 Å². The quantitative estimate of drug-likeness (QED) is 0.676. The molecule has 2 heterocycles. The molecule has 1 aliphatic heterocycles. The zero-order valence-corrected chi connectivity index (χ0v) is 19.8. The molecule has 33 heavy (non-hydrogen) atoms. The summed E-state index contributed by atoms with van der Waals surface area (Å²) in [6.07, 6.45) is 6.04. The molecule has 4 rings (SSSR count). The first-order chi connectivity index (χ1) is 16.0. The van der Waals surface area contributed by atoms with Crippen LogP contribution in [0.2, 0.25) is 0 Å². The SMILES string of the molecule is C[C@H]1CNC[C@H](c2ccc(-c3ccc(N(C)CCN(C)C(=O)C4CC4)cc[nH]nc3)cc2)O1. The van der Waals surface area contributed by atoms with E-state index in [1.165, 1.54) is 5.56 Å². The molecule has 0 unspecified atom stereocenters. The number of rotatable bonds is 7. The van der Waals surface area contributed by atoms with Crippen LogP contribution in [0.25, 0.3) is 11.1 Å². The predicted octanol–water partition coefficient (Wildman–Crippen LogP) is 3.56. The van der Waals surface area contributed by atoms with Gasteiger partial charge in [0.05, 0.1) is 18.4 Å². The number of nitrogens with one attached hydrogen (secondary N) is 2. The number of ether oxygens (including phenoxy) is 1. The smallest absolute Gasteiger partial charge is 0.225 e. The van der Waals surface area contributed by atoms with Gasteiger partial charge in [0, 0.05) is 63.6 Å². The standard InChI is InChI=1S/C26H35N5O2/c1-19-16-27-18-25(33-19)21-6-4-20(5-7-21)23-10-11-24(12-13-28-29-17-23)30(2)14-15-31(3)26(32)22-8-9-22/h4-7,10-13,17,19,22,25,27-28H,8-9,14-16,18H2,1-3H3/t19-,25+/m0/s1. The average molecular weight is 450 g/mol. The van der Waals surface area contributed by atoms with Gasteiger partial charge in [0.25, 0.3) is 0 Å². The Hall–Kier alpha value is -2.90. The molecule has 2 atom stereocenters. The average Bonchev–Trinajstić information content (AvgIpc) is 3.66. The van der Waals surface area contributed by atoms with Crippen molar-refractivity contribution in [3.63, 3.8) is 0 Å². The molecule has 0 radical (unpaired) electrons. The molecule has 1 aliphatic carbocycles. The maximum absolute atomic E-state index is 12.2. The molecule has 1 saturated carbocycles. The van der Waals surface area contributed by atoms with E-state index in [9.17, 15) is 4.79 Å². The van der Waals surface area contributed by atoms with Crippen LogP contribution in [-0.2, 0) is 9.53 Å². The van der Waals surface area contributed by atoms with Gasteiger partial charge < -0.3 is 19.9 Å². The second-order valence-electron chi connectivity index (χ2n) is 9.11. The number of hydrogen-bond donors (Lipinski definition) is 2. The molecular formula is C26H35N5O2. The number of aromatic amines is 1. The molecule has 2 aliphatic rings. The van der Waals surface area contributed by atoms with Crippen molar-refractivity contribution in [2.75, 3.05) is 45.2 Å². The van der Waals surface area contributed by atoms with Crippen LogP contribution in [-0.4, -0.2) is 67.4 Å². The lowest BCUT2D eigenvalue weighted by molar-refractivity contribution is -0.131. The number of hydrogen-bond acceptors (Lipinski definition) is 5. The van der Waals surface area contributed by atoms with Crippen molar-refractivity contribution in [3.8, 4) is 11.1 Å². The topological polar surface area (TPSA) is 73.5 Å². The van der Waals surface area contributed by atoms with E-state index in [0.29, 0.717) is 6.54 Å². The molecule has 176 valence electrons. The summed E-state index contributed by atoms with van der Waals surface area (Å²) < 4.78 is 6.06. The van der Waals surface area contributed by atoms with Gasteiger partial charge in [0.15, 0.2) is 0 Å². The third-order valence-electron chi connectivity index (χ3n) is 6.33. The second-order valence-corrected chi connectivity index (χ2v) is 9.11. The monoisotopic (exact) mass is 449 g/mol. The fourth-order valence-electron chi connectivity index (χ4n) is 4.03. The number of carbonyl (C=O) groups is 1. The normalized spacial score (nSPS) is 20.1. The fourth-order valence-corrected chi connectivity index (χ4v) is 4.03. The Morgan fingerprint density at radius 2 is 1.79 bits per heavy atom. The van der Waals surface area contributed by atoms with E-state index >= 15 is 0 Å². The lowest BCUT2D eigenvalue weighted by atomic mass is 10.0. The Morgan fingerprint density at radius 1 is 1.03 bits per heavy atom. The van der Waals surface area contributed by atoms with Gasteiger partial charge in [0.2, 0.25) is 5.91 Å². The molecule has 0 bridgehead atoms. The van der Waals surface area contributed by atoms with Crippen molar-refractivity contribution in [2.45, 2.75) is 32.0 Å². The third-order valence-corrected chi connectivity index (χ3v) is 6.33. The highest BCUT2D eigenvalue weighted by atomic mass is 16.5. The van der Waals surface area contributed by atoms with Gasteiger partial charge in [0.1, 0.15) is 0 Å². The van der Waals surface area contributed by atoms with E-state index in [-0.39, 0.29) is 24.0 Å². The Bertz CT molecular complexity index is 984. The minimum absolute atomic E-state index is 0.0851. The van der Waals surface area contributed by atoms with Crippen molar-refractivity contribution in [3.05, 3.63) is 60.4 Å². The highest BCUT2D eigenvalue weighted by Gasteiger charge is 2.31. The maximum atomic E-state index is 12.2. The van der Waals surface area contributed by atoms with E-state index in [1.54, 1.807) is 0 Å². The van der Waals surface area contributed by atoms with Gasteiger partial charge in [-0.3, -0.25) is 9.89 Å². The van der Waals surface area contributed by atoms with Gasteiger partial charge >= 0.3 is 0 Å². The van der Waals surface area contributed by atoms with Crippen LogP contribution in [0.15, 0.2) is 54.9 Å². The van der Waals surface area contributed by atoms with E-state index < -0.39 is 0 Å². The Balaban J connectivity index is 1.46. The Labute approximate surface area is 196 Å². The predicted molar refractivity (Wildman–Crippen MR) is 131 cm³/mol. The van der Waals surface area contributed by atoms with Crippen LogP contribution in [0.4, 0.5) is 5.69 Å². The van der Waals surface area contributed by atoms with Crippen LogP contribution < -0.4 is 10.2 Å². The minimum atomic E-state index is 0.0851. The minimum Gasteiger partial charge on any atom is -0.373 e. The number of amides is 1. The summed E-state index contributed by atoms with van der Waals surface area (Å²) in [5.41, 5.74) is 4.33. The number of benzene rings is 1. The summed E-state index contributed by atoms with van der Waals surface area (Å²) in [7, 11) is 3.94. The van der Waals surface area contributed by atoms with Crippen LogP contribution in [0.1, 0.15) is 31.4 Å². The maximum Gasteiger partial charge on any atom is 0.225 e. The largest absolute Gasteiger partial charge is 0.373 e. The van der Waals surface area contributed by atoms with E-state index in [2.05, 4.69) is 63.7 Å². The van der Waals surface area contributed by atoms with Gasteiger partial charge in [-0.15, -0.1) is 0 Å². The summed E-state index contributed by atoms with van der Waals surface area (Å²) >= 11 is 0. The summed E-state index contributed by atoms with van der Waals surface area (Å²) in [5.74, 6) is 0.527. The summed E-state index contributed by atoms with van der Waals surface area (Å²) in [6, 6.07) is 14.7. The number of morpholine rings is 1. The highest BCUT2D eigenvalue weighted by molar-refractivity contribution is 5.80. The van der Waals surface area contributed by atoms with Gasteiger partial charge in [-0.2, -0.15) is 5.10 Å². The summed E-state index contributed by atoms with van der Waals surface area (Å²) in [5, 5.41) is 10.7. The molecule has 2 aromatic rings. The van der Waals surface area contributed by atoms with E-state index in [0.717, 1.165) is 49.3 Å². The second kappa shape index (κ2) is 10.8. The molecule has 1 aromatic heterocycles. The molecule has 2 fully saturated rings. The Kier molecular flexibility index (Phi) is 7.62. The first kappa shape index (κ1) is 23.3. The number of anilines is 1. The summed E-state index contributed by atoms with van der Waals surface area (Å²) in [4.78, 5) is 16.2. The third kappa shape index (κ3) is 6.33. The lowest BCUT2D eigenvalue weighted by Crippen LogP contribution is -2.38. The van der Waals surface area contributed by atoms with E-state index in [4.69, 9.17) is 4.74 Å². The molecule has 0 spiro atoms. The number of carbonyl (C=O) groups excluding carboxylic acids is 1. The zero-order valence-electron chi connectivity index (χ0n) is 19.8. The molecule has 1 aromatic carbocycles. The van der Waals surface area contributed by atoms with Crippen molar-refractivity contribution in [2.24, 2.45) is 5.92 Å². The molecular weight excluding hydrogens is 414 g/mol. The number of likely N-dealkylation sites (N-methyl/N-ethyl adjacent to an activating group) is 2. The van der Waals surface area contributed by atoms with Gasteiger partial charge in [-0.1, -0.05) is 30.3 Å². The highest BCUT2D eigenvalue weighted by Crippen LogP contribution is 2.30. The van der Waals surface area contributed by atoms with Gasteiger partial charge in [-0.25, -0.2) is 0 Å². The number of H-pyrrole nitrogens is 1. The van der Waals surface area contributed by atoms with Crippen molar-refractivity contribution in [1.82, 2.24) is 20.4 Å². The first-order valence-electron chi connectivity index (χ1n) is 11.8. The van der Waals surface area contributed by atoms with Crippen molar-refractivity contribution in [1.29, 1.82) is 0 Å². The fraction of sp³-hybridized carbons (Fsp3) is 0.462. The summed E-state index contributed by atoms with van der Waals surface area (Å²) in [6.45, 7) is 5.29. The van der Waals surface area contributed by atoms with Crippen LogP contribution >= 0.6 is 0 Å². The van der Waals surface area contributed by atoms with Crippen LogP contribution in [0.5, 0.6) is 0 Å². The molecule has 1 saturated heterocycles. The number of aromatic nitrogens is 2. The van der Waals surface area contributed by atoms with Crippen molar-refractivity contribution >= 4 is 11.6 Å². The van der Waals surface area contributed by atoms with E-state index in [1.807, 2.05) is 37.5 Å². The molecule has 7 nitrogen and oxygen atoms in total. The number of nitrogens with zero attached hydrogens (tertiary/aromatic N) is 3. The zero-order chi connectivity index (χ0) is 23.2. The molecule has 2 N–H and O–H groups in total.